The van der Waals surface area contributed by atoms with Crippen LogP contribution in [0.1, 0.15) is 111 Å². The second-order valence-electron chi connectivity index (χ2n) is 11.5. The van der Waals surface area contributed by atoms with Gasteiger partial charge in [-0.2, -0.15) is 0 Å². The Kier molecular flexibility index (Phi) is 6.60. The summed E-state index contributed by atoms with van der Waals surface area (Å²) in [5.74, 6) is -2.27. The SMILES string of the molecule is [2H]C([2H])([2H])c1nnc(C(C)C)n1C1CC2CCC(C1)N2CCC(NC(=O)C1CCC(F)(F)CC1)c1ccccc1. The van der Waals surface area contributed by atoms with E-state index in [9.17, 15) is 13.6 Å². The Bertz CT molecular complexity index is 1150. The number of benzene rings is 1. The molecule has 2 aromatic rings. The van der Waals surface area contributed by atoms with E-state index < -0.39 is 12.8 Å². The van der Waals surface area contributed by atoms with Crippen LogP contribution in [-0.4, -0.2) is 50.1 Å². The zero-order valence-electron chi connectivity index (χ0n) is 24.9. The smallest absolute Gasteiger partial charge is 0.248 e. The van der Waals surface area contributed by atoms with Crippen LogP contribution in [0, 0.1) is 12.8 Å². The fourth-order valence-electron chi connectivity index (χ4n) is 6.76. The number of aryl methyl sites for hydroxylation is 1. The molecule has 8 heteroatoms. The first-order chi connectivity index (χ1) is 18.9. The predicted molar refractivity (Wildman–Crippen MR) is 139 cm³/mol. The summed E-state index contributed by atoms with van der Waals surface area (Å²) in [4.78, 5) is 15.7. The van der Waals surface area contributed by atoms with Crippen LogP contribution in [0.5, 0.6) is 0 Å². The van der Waals surface area contributed by atoms with Crippen LogP contribution in [0.15, 0.2) is 30.3 Å². The van der Waals surface area contributed by atoms with Crippen molar-refractivity contribution in [3.63, 3.8) is 0 Å². The van der Waals surface area contributed by atoms with E-state index in [1.54, 1.807) is 0 Å². The van der Waals surface area contributed by atoms with Crippen molar-refractivity contribution in [3.8, 4) is 0 Å². The standard InChI is InChI=1S/C29H41F2N5O/c1-19(2)27-34-33-20(3)36(27)25-17-23-9-10-24(18-25)35(23)16-13-26(21-7-5-4-6-8-21)32-28(37)22-11-14-29(30,31)15-12-22/h4-8,19,22-26H,9-18H2,1-3H3,(H,32,37)/i3D3. The first-order valence-electron chi connectivity index (χ1n) is 15.4. The van der Waals surface area contributed by atoms with Crippen LogP contribution in [0.3, 0.4) is 0 Å². The highest BCUT2D eigenvalue weighted by molar-refractivity contribution is 5.79. The van der Waals surface area contributed by atoms with Gasteiger partial charge in [0.25, 0.3) is 0 Å². The lowest BCUT2D eigenvalue weighted by Crippen LogP contribution is -2.45. The Morgan fingerprint density at radius 3 is 2.38 bits per heavy atom. The Hall–Kier alpha value is -2.35. The fourth-order valence-corrected chi connectivity index (χ4v) is 6.76. The third kappa shape index (κ3) is 5.74. The van der Waals surface area contributed by atoms with Crippen LogP contribution in [0.25, 0.3) is 0 Å². The van der Waals surface area contributed by atoms with E-state index in [2.05, 4.69) is 20.4 Å². The average Bonchev–Trinajstić information content (AvgIpc) is 3.45. The maximum atomic E-state index is 13.7. The Morgan fingerprint density at radius 2 is 1.76 bits per heavy atom. The number of hydrogen-bond donors (Lipinski definition) is 1. The highest BCUT2D eigenvalue weighted by atomic mass is 19.3. The van der Waals surface area contributed by atoms with E-state index in [1.807, 2.05) is 48.7 Å². The Morgan fingerprint density at radius 1 is 1.08 bits per heavy atom. The normalized spacial score (nSPS) is 28.5. The third-order valence-corrected chi connectivity index (χ3v) is 8.75. The molecule has 3 aliphatic rings. The number of piperidine rings is 1. The summed E-state index contributed by atoms with van der Waals surface area (Å²) in [6.45, 7) is 2.52. The van der Waals surface area contributed by atoms with Crippen molar-refractivity contribution in [2.75, 3.05) is 6.54 Å². The lowest BCUT2D eigenvalue weighted by atomic mass is 9.86. The maximum absolute atomic E-state index is 13.7. The number of nitrogens with one attached hydrogen (secondary N) is 1. The molecule has 5 rings (SSSR count). The van der Waals surface area contributed by atoms with Gasteiger partial charge in [0.2, 0.25) is 11.8 Å². The molecular weight excluding hydrogens is 472 g/mol. The monoisotopic (exact) mass is 516 g/mol. The molecule has 3 unspecified atom stereocenters. The number of amides is 1. The number of carbonyl (C=O) groups is 1. The number of nitrogens with zero attached hydrogens (tertiary/aromatic N) is 4. The van der Waals surface area contributed by atoms with Crippen molar-refractivity contribution in [3.05, 3.63) is 47.5 Å². The van der Waals surface area contributed by atoms with Crippen LogP contribution in [-0.2, 0) is 4.79 Å². The van der Waals surface area contributed by atoms with Crippen molar-refractivity contribution >= 4 is 5.91 Å². The molecule has 1 saturated carbocycles. The predicted octanol–water partition coefficient (Wildman–Crippen LogP) is 5.95. The Labute approximate surface area is 223 Å². The molecule has 6 nitrogen and oxygen atoms in total. The average molecular weight is 517 g/mol. The lowest BCUT2D eigenvalue weighted by molar-refractivity contribution is -0.130. The van der Waals surface area contributed by atoms with E-state index >= 15 is 0 Å². The fraction of sp³-hybridized carbons (Fsp3) is 0.690. The molecule has 0 radical (unpaired) electrons. The van der Waals surface area contributed by atoms with Crippen molar-refractivity contribution in [2.45, 2.75) is 114 Å². The van der Waals surface area contributed by atoms with Gasteiger partial charge in [-0.3, -0.25) is 9.69 Å². The number of carbonyl (C=O) groups excluding carboxylic acids is 1. The quantitative estimate of drug-likeness (QED) is 0.471. The van der Waals surface area contributed by atoms with Crippen LogP contribution in [0.2, 0.25) is 0 Å². The van der Waals surface area contributed by atoms with Crippen LogP contribution >= 0.6 is 0 Å². The van der Waals surface area contributed by atoms with Crippen molar-refractivity contribution in [1.82, 2.24) is 25.0 Å². The first kappa shape index (κ1) is 22.6. The van der Waals surface area contributed by atoms with Gasteiger partial charge in [0.05, 0.1) is 6.04 Å². The van der Waals surface area contributed by atoms with E-state index in [1.165, 1.54) is 0 Å². The molecule has 2 saturated heterocycles. The van der Waals surface area contributed by atoms with Gasteiger partial charge < -0.3 is 9.88 Å². The van der Waals surface area contributed by atoms with Gasteiger partial charge >= 0.3 is 0 Å². The molecule has 202 valence electrons. The summed E-state index contributed by atoms with van der Waals surface area (Å²) in [6, 6.07) is 10.4. The van der Waals surface area contributed by atoms with Gasteiger partial charge in [-0.05, 0) is 57.4 Å². The summed E-state index contributed by atoms with van der Waals surface area (Å²) in [5.41, 5.74) is 1.02. The molecule has 2 bridgehead atoms. The number of halogens is 2. The number of fused-ring (bicyclic) bond motifs is 2. The summed E-state index contributed by atoms with van der Waals surface area (Å²) in [5, 5.41) is 11.6. The molecule has 37 heavy (non-hydrogen) atoms. The first-order valence-corrected chi connectivity index (χ1v) is 13.9. The minimum atomic E-state index is -2.66. The van der Waals surface area contributed by atoms with Gasteiger partial charge in [0.15, 0.2) is 0 Å². The van der Waals surface area contributed by atoms with Crippen LogP contribution < -0.4 is 5.32 Å². The number of alkyl halides is 2. The number of aromatic nitrogens is 3. The zero-order chi connectivity index (χ0) is 28.7. The largest absolute Gasteiger partial charge is 0.349 e. The molecule has 3 atom stereocenters. The molecule has 3 heterocycles. The lowest BCUT2D eigenvalue weighted by Gasteiger charge is -2.40. The molecule has 1 aromatic heterocycles. The molecule has 0 spiro atoms. The summed E-state index contributed by atoms with van der Waals surface area (Å²) in [6.07, 6.45) is 4.51. The molecule has 1 N–H and O–H groups in total. The molecular formula is C29H41F2N5O. The number of hydrogen-bond acceptors (Lipinski definition) is 4. The molecule has 1 aliphatic carbocycles. The second-order valence-corrected chi connectivity index (χ2v) is 11.5. The van der Waals surface area contributed by atoms with Crippen molar-refractivity contribution in [1.29, 1.82) is 0 Å². The topological polar surface area (TPSA) is 63.1 Å². The maximum Gasteiger partial charge on any atom is 0.248 e. The van der Waals surface area contributed by atoms with Gasteiger partial charge in [-0.1, -0.05) is 44.2 Å². The van der Waals surface area contributed by atoms with E-state index in [0.29, 0.717) is 12.1 Å². The summed E-state index contributed by atoms with van der Waals surface area (Å²) < 4.78 is 53.3. The van der Waals surface area contributed by atoms with Gasteiger partial charge in [0.1, 0.15) is 11.6 Å². The third-order valence-electron chi connectivity index (χ3n) is 8.75. The molecule has 1 amide bonds. The molecule has 1 aromatic carbocycles. The van der Waals surface area contributed by atoms with Gasteiger partial charge in [-0.15, -0.1) is 10.2 Å². The van der Waals surface area contributed by atoms with Crippen molar-refractivity contribution < 1.29 is 17.7 Å². The van der Waals surface area contributed by atoms with E-state index in [-0.39, 0.29) is 61.3 Å². The van der Waals surface area contributed by atoms with Crippen LogP contribution in [0.4, 0.5) is 8.78 Å². The van der Waals surface area contributed by atoms with E-state index in [4.69, 9.17) is 4.11 Å². The summed E-state index contributed by atoms with van der Waals surface area (Å²) in [7, 11) is 0. The highest BCUT2D eigenvalue weighted by Crippen LogP contribution is 2.42. The summed E-state index contributed by atoms with van der Waals surface area (Å²) >= 11 is 0. The molecule has 3 fully saturated rings. The second kappa shape index (κ2) is 10.8. The van der Waals surface area contributed by atoms with Gasteiger partial charge in [-0.25, -0.2) is 8.78 Å². The zero-order valence-corrected chi connectivity index (χ0v) is 21.9. The number of rotatable bonds is 8. The van der Waals surface area contributed by atoms with Gasteiger partial charge in [0, 0.05) is 53.5 Å². The minimum absolute atomic E-state index is 0.0469. The molecule has 2 aliphatic heterocycles. The van der Waals surface area contributed by atoms with Crippen molar-refractivity contribution in [2.24, 2.45) is 5.92 Å². The Balaban J connectivity index is 1.27. The highest BCUT2D eigenvalue weighted by Gasteiger charge is 2.42. The minimum Gasteiger partial charge on any atom is -0.349 e. The van der Waals surface area contributed by atoms with E-state index in [0.717, 1.165) is 50.0 Å².